The highest BCUT2D eigenvalue weighted by atomic mass is 16.3. The van der Waals surface area contributed by atoms with Gasteiger partial charge in [-0.2, -0.15) is 0 Å². The minimum absolute atomic E-state index is 0.0824. The van der Waals surface area contributed by atoms with Crippen molar-refractivity contribution in [2.45, 2.75) is 13.5 Å². The van der Waals surface area contributed by atoms with Gasteiger partial charge in [0.05, 0.1) is 12.1 Å². The van der Waals surface area contributed by atoms with Crippen molar-refractivity contribution in [3.63, 3.8) is 0 Å². The molecular weight excluding hydrogens is 206 g/mol. The maximum atomic E-state index is 10.7. The van der Waals surface area contributed by atoms with Gasteiger partial charge in [-0.3, -0.25) is 4.79 Å². The molecular formula is C11H11N3O2. The number of hydrogen-bond acceptors (Lipinski definition) is 4. The van der Waals surface area contributed by atoms with Gasteiger partial charge in [0.25, 0.3) is 0 Å². The van der Waals surface area contributed by atoms with Crippen molar-refractivity contribution in [2.24, 2.45) is 0 Å². The summed E-state index contributed by atoms with van der Waals surface area (Å²) < 4.78 is 5.53. The number of nitrogens with zero attached hydrogens (tertiary/aromatic N) is 2. The van der Waals surface area contributed by atoms with Crippen molar-refractivity contribution in [2.75, 3.05) is 0 Å². The molecule has 0 aliphatic carbocycles. The lowest BCUT2D eigenvalue weighted by Gasteiger charge is -1.98. The lowest BCUT2D eigenvalue weighted by molar-refractivity contribution is -0.119. The van der Waals surface area contributed by atoms with Crippen LogP contribution in [0.1, 0.15) is 12.7 Å². The summed E-state index contributed by atoms with van der Waals surface area (Å²) in [6.07, 6.45) is 4.81. The Labute approximate surface area is 92.5 Å². The van der Waals surface area contributed by atoms with E-state index in [0.717, 1.165) is 5.56 Å². The summed E-state index contributed by atoms with van der Waals surface area (Å²) in [5, 5.41) is 2.66. The molecule has 82 valence electrons. The molecule has 0 saturated carbocycles. The standard InChI is InChI=1S/C11H11N3O2/c1-8(15)14-6-10-2-3-11(16-10)9-4-12-7-13-5-9/h2-5,7H,6H2,1H3,(H,14,15). The van der Waals surface area contributed by atoms with Gasteiger partial charge in [-0.05, 0) is 12.1 Å². The number of rotatable bonds is 3. The van der Waals surface area contributed by atoms with Crippen LogP contribution in [-0.4, -0.2) is 15.9 Å². The van der Waals surface area contributed by atoms with Gasteiger partial charge in [0.2, 0.25) is 5.91 Å². The summed E-state index contributed by atoms with van der Waals surface area (Å²) >= 11 is 0. The Kier molecular flexibility index (Phi) is 2.95. The number of aromatic nitrogens is 2. The summed E-state index contributed by atoms with van der Waals surface area (Å²) in [6, 6.07) is 3.65. The Morgan fingerprint density at radius 2 is 2.12 bits per heavy atom. The number of carbonyl (C=O) groups is 1. The molecule has 0 aliphatic heterocycles. The van der Waals surface area contributed by atoms with Crippen molar-refractivity contribution in [1.82, 2.24) is 15.3 Å². The van der Waals surface area contributed by atoms with E-state index in [9.17, 15) is 4.79 Å². The minimum Gasteiger partial charge on any atom is -0.459 e. The van der Waals surface area contributed by atoms with Crippen LogP contribution in [0.4, 0.5) is 0 Å². The zero-order chi connectivity index (χ0) is 11.4. The van der Waals surface area contributed by atoms with Crippen molar-refractivity contribution in [3.8, 4) is 11.3 Å². The fourth-order valence-corrected chi connectivity index (χ4v) is 1.27. The summed E-state index contributed by atoms with van der Waals surface area (Å²) in [5.41, 5.74) is 0.816. The van der Waals surface area contributed by atoms with Crippen LogP contribution in [0, 0.1) is 0 Å². The highest BCUT2D eigenvalue weighted by Gasteiger charge is 2.05. The number of carbonyl (C=O) groups excluding carboxylic acids is 1. The molecule has 0 bridgehead atoms. The van der Waals surface area contributed by atoms with Crippen LogP contribution in [0.2, 0.25) is 0 Å². The second-order valence-corrected chi connectivity index (χ2v) is 3.30. The summed E-state index contributed by atoms with van der Waals surface area (Å²) in [5.74, 6) is 1.32. The van der Waals surface area contributed by atoms with Gasteiger partial charge in [0.1, 0.15) is 17.8 Å². The maximum Gasteiger partial charge on any atom is 0.217 e. The average molecular weight is 217 g/mol. The second kappa shape index (κ2) is 4.57. The maximum absolute atomic E-state index is 10.7. The minimum atomic E-state index is -0.0824. The first-order valence-electron chi connectivity index (χ1n) is 4.84. The topological polar surface area (TPSA) is 68.0 Å². The monoisotopic (exact) mass is 217 g/mol. The van der Waals surface area contributed by atoms with Crippen molar-refractivity contribution in [3.05, 3.63) is 36.6 Å². The quantitative estimate of drug-likeness (QED) is 0.843. The van der Waals surface area contributed by atoms with Crippen LogP contribution >= 0.6 is 0 Å². The third kappa shape index (κ3) is 2.44. The smallest absolute Gasteiger partial charge is 0.217 e. The molecule has 0 aliphatic rings. The molecule has 1 amide bonds. The first kappa shape index (κ1) is 10.4. The molecule has 0 atom stereocenters. The normalized spacial score (nSPS) is 10.1. The Balaban J connectivity index is 2.11. The fraction of sp³-hybridized carbons (Fsp3) is 0.182. The molecule has 0 spiro atoms. The van der Waals surface area contributed by atoms with Gasteiger partial charge in [-0.1, -0.05) is 0 Å². The number of nitrogens with one attached hydrogen (secondary N) is 1. The summed E-state index contributed by atoms with van der Waals surface area (Å²) in [4.78, 5) is 18.5. The lowest BCUT2D eigenvalue weighted by Crippen LogP contribution is -2.18. The lowest BCUT2D eigenvalue weighted by atomic mass is 10.3. The molecule has 0 aromatic carbocycles. The number of furan rings is 1. The largest absolute Gasteiger partial charge is 0.459 e. The van der Waals surface area contributed by atoms with E-state index in [4.69, 9.17) is 4.42 Å². The predicted octanol–water partition coefficient (Wildman–Crippen LogP) is 1.37. The zero-order valence-electron chi connectivity index (χ0n) is 8.80. The van der Waals surface area contributed by atoms with E-state index < -0.39 is 0 Å². The molecule has 0 fully saturated rings. The van der Waals surface area contributed by atoms with Crippen molar-refractivity contribution >= 4 is 5.91 Å². The molecule has 2 heterocycles. The molecule has 0 saturated heterocycles. The van der Waals surface area contributed by atoms with Gasteiger partial charge < -0.3 is 9.73 Å². The van der Waals surface area contributed by atoms with Crippen LogP contribution in [0.3, 0.4) is 0 Å². The molecule has 0 radical (unpaired) electrons. The van der Waals surface area contributed by atoms with E-state index in [1.807, 2.05) is 12.1 Å². The Morgan fingerprint density at radius 3 is 2.81 bits per heavy atom. The van der Waals surface area contributed by atoms with Gasteiger partial charge in [-0.15, -0.1) is 0 Å². The zero-order valence-corrected chi connectivity index (χ0v) is 8.80. The van der Waals surface area contributed by atoms with Crippen LogP contribution in [-0.2, 0) is 11.3 Å². The van der Waals surface area contributed by atoms with E-state index in [2.05, 4.69) is 15.3 Å². The van der Waals surface area contributed by atoms with Crippen LogP contribution < -0.4 is 5.32 Å². The molecule has 5 heteroatoms. The first-order chi connectivity index (χ1) is 7.75. The fourth-order valence-electron chi connectivity index (χ4n) is 1.27. The Hall–Kier alpha value is -2.17. The SMILES string of the molecule is CC(=O)NCc1ccc(-c2cncnc2)o1. The molecule has 2 aromatic rings. The highest BCUT2D eigenvalue weighted by molar-refractivity contribution is 5.72. The molecule has 1 N–H and O–H groups in total. The third-order valence-corrected chi connectivity index (χ3v) is 2.02. The van der Waals surface area contributed by atoms with E-state index in [-0.39, 0.29) is 5.91 Å². The Morgan fingerprint density at radius 1 is 1.38 bits per heavy atom. The van der Waals surface area contributed by atoms with Gasteiger partial charge in [-0.25, -0.2) is 9.97 Å². The van der Waals surface area contributed by atoms with Crippen molar-refractivity contribution < 1.29 is 9.21 Å². The van der Waals surface area contributed by atoms with Gasteiger partial charge in [0, 0.05) is 19.3 Å². The van der Waals surface area contributed by atoms with Crippen molar-refractivity contribution in [1.29, 1.82) is 0 Å². The molecule has 0 unspecified atom stereocenters. The van der Waals surface area contributed by atoms with Gasteiger partial charge >= 0.3 is 0 Å². The summed E-state index contributed by atoms with van der Waals surface area (Å²) in [6.45, 7) is 1.86. The first-order valence-corrected chi connectivity index (χ1v) is 4.84. The molecule has 5 nitrogen and oxygen atoms in total. The number of amides is 1. The second-order valence-electron chi connectivity index (χ2n) is 3.30. The van der Waals surface area contributed by atoms with Crippen LogP contribution in [0.25, 0.3) is 11.3 Å². The van der Waals surface area contributed by atoms with Crippen LogP contribution in [0.15, 0.2) is 35.3 Å². The van der Waals surface area contributed by atoms with E-state index in [1.165, 1.54) is 13.3 Å². The van der Waals surface area contributed by atoms with E-state index in [0.29, 0.717) is 18.1 Å². The third-order valence-electron chi connectivity index (χ3n) is 2.02. The van der Waals surface area contributed by atoms with E-state index in [1.54, 1.807) is 12.4 Å². The molecule has 16 heavy (non-hydrogen) atoms. The predicted molar refractivity (Wildman–Crippen MR) is 57.3 cm³/mol. The van der Waals surface area contributed by atoms with Gasteiger partial charge in [0.15, 0.2) is 0 Å². The van der Waals surface area contributed by atoms with E-state index >= 15 is 0 Å². The Bertz CT molecular complexity index is 479. The number of hydrogen-bond donors (Lipinski definition) is 1. The summed E-state index contributed by atoms with van der Waals surface area (Å²) in [7, 11) is 0. The average Bonchev–Trinajstić information content (AvgIpc) is 2.76. The highest BCUT2D eigenvalue weighted by Crippen LogP contribution is 2.19. The molecule has 2 aromatic heterocycles. The molecule has 2 rings (SSSR count). The van der Waals surface area contributed by atoms with Crippen LogP contribution in [0.5, 0.6) is 0 Å².